The third kappa shape index (κ3) is 6.29. The highest BCUT2D eigenvalue weighted by Crippen LogP contribution is 2.15. The number of aliphatic carboxylic acids is 1. The molecule has 0 spiro atoms. The molecule has 8 N–H and O–H groups in total. The molecule has 28 heavy (non-hydrogen) atoms. The van der Waals surface area contributed by atoms with Crippen molar-refractivity contribution in [2.45, 2.75) is 12.5 Å². The number of rotatable bonds is 9. The summed E-state index contributed by atoms with van der Waals surface area (Å²) < 4.78 is 0. The molecule has 0 bridgehead atoms. The molecule has 2 rings (SSSR count). The van der Waals surface area contributed by atoms with Gasteiger partial charge in [-0.15, -0.1) is 0 Å². The molecule has 0 aromatic heterocycles. The molecular formula is C19H23N5O4. The fourth-order valence-corrected chi connectivity index (χ4v) is 2.26. The van der Waals surface area contributed by atoms with E-state index in [1.54, 1.807) is 36.4 Å². The smallest absolute Gasteiger partial charge is 0.320 e. The number of nitrogen functional groups attached to an aromatic ring is 2. The molecule has 1 atom stereocenters. The zero-order chi connectivity index (χ0) is 20.5. The average molecular weight is 385 g/mol. The molecule has 0 saturated carbocycles. The van der Waals surface area contributed by atoms with Crippen LogP contribution in [0.5, 0.6) is 0 Å². The van der Waals surface area contributed by atoms with Crippen LogP contribution in [0.1, 0.15) is 21.5 Å². The van der Waals surface area contributed by atoms with Gasteiger partial charge in [-0.2, -0.15) is 0 Å². The van der Waals surface area contributed by atoms with Gasteiger partial charge in [0.25, 0.3) is 5.91 Å². The summed E-state index contributed by atoms with van der Waals surface area (Å²) in [6.07, 6.45) is 1.77. The minimum atomic E-state index is -1.04. The van der Waals surface area contributed by atoms with Gasteiger partial charge in [-0.05, 0) is 35.7 Å². The van der Waals surface area contributed by atoms with E-state index in [1.165, 1.54) is 12.3 Å². The number of amides is 1. The Bertz CT molecular complexity index is 852. The maximum Gasteiger partial charge on any atom is 0.320 e. The fraction of sp³-hybridized carbons (Fsp3) is 0.211. The first kappa shape index (κ1) is 20.7. The number of carbonyl (C=O) groups is 2. The van der Waals surface area contributed by atoms with Gasteiger partial charge in [0.15, 0.2) is 0 Å². The van der Waals surface area contributed by atoms with Crippen molar-refractivity contribution >= 4 is 29.5 Å². The first-order valence-corrected chi connectivity index (χ1v) is 8.52. The van der Waals surface area contributed by atoms with Crippen molar-refractivity contribution in [1.82, 2.24) is 5.32 Å². The number of carboxylic acids is 1. The lowest BCUT2D eigenvalue weighted by molar-refractivity contribution is -0.138. The second-order valence-corrected chi connectivity index (χ2v) is 6.06. The van der Waals surface area contributed by atoms with Crippen molar-refractivity contribution in [3.8, 4) is 0 Å². The van der Waals surface area contributed by atoms with Crippen molar-refractivity contribution in [2.24, 2.45) is 10.9 Å². The first-order valence-electron chi connectivity index (χ1n) is 8.52. The van der Waals surface area contributed by atoms with E-state index < -0.39 is 12.0 Å². The van der Waals surface area contributed by atoms with Crippen LogP contribution in [0.15, 0.2) is 47.6 Å². The van der Waals surface area contributed by atoms with Gasteiger partial charge in [0.1, 0.15) is 12.6 Å². The topological polar surface area (TPSA) is 166 Å². The zero-order valence-electron chi connectivity index (χ0n) is 15.2. The van der Waals surface area contributed by atoms with E-state index >= 15 is 0 Å². The predicted octanol–water partition coefficient (Wildman–Crippen LogP) is 0.586. The van der Waals surface area contributed by atoms with E-state index in [1.807, 2.05) is 0 Å². The summed E-state index contributed by atoms with van der Waals surface area (Å²) in [6.45, 7) is 0.463. The number of carboxylic acid groups (broad SMARTS) is 1. The Morgan fingerprint density at radius 2 is 1.86 bits per heavy atom. The van der Waals surface area contributed by atoms with Crippen molar-refractivity contribution in [2.75, 3.05) is 24.6 Å². The largest absolute Gasteiger partial charge is 0.480 e. The Morgan fingerprint density at radius 3 is 2.50 bits per heavy atom. The Hall–Kier alpha value is -3.59. The standard InChI is InChI=1S/C19H23N5O4/c20-15-6-5-14(10-16(15)21)18(25)23-7-8-28-24-11-13-3-1-12(2-4-13)9-17(22)19(26)27/h1-6,10-11,17H,7-9,20-22H2,(H,23,25)(H,26,27)/b24-11+. The maximum atomic E-state index is 12.0. The van der Waals surface area contributed by atoms with Crippen molar-refractivity contribution in [3.05, 3.63) is 59.2 Å². The van der Waals surface area contributed by atoms with Gasteiger partial charge in [-0.1, -0.05) is 29.4 Å². The van der Waals surface area contributed by atoms with Crippen LogP contribution in [-0.4, -0.2) is 42.4 Å². The summed E-state index contributed by atoms with van der Waals surface area (Å²) in [4.78, 5) is 27.8. The molecule has 0 aliphatic carbocycles. The summed E-state index contributed by atoms with van der Waals surface area (Å²) in [5.41, 5.74) is 19.6. The number of oxime groups is 1. The molecule has 148 valence electrons. The Kier molecular flexibility index (Phi) is 7.35. The lowest BCUT2D eigenvalue weighted by Gasteiger charge is -2.07. The third-order valence-electron chi connectivity index (χ3n) is 3.86. The van der Waals surface area contributed by atoms with E-state index in [9.17, 15) is 9.59 Å². The lowest BCUT2D eigenvalue weighted by Crippen LogP contribution is -2.32. The summed E-state index contributed by atoms with van der Waals surface area (Å²) in [5, 5.41) is 15.3. The van der Waals surface area contributed by atoms with Gasteiger partial charge >= 0.3 is 5.97 Å². The molecule has 0 aliphatic rings. The zero-order valence-corrected chi connectivity index (χ0v) is 15.2. The van der Waals surface area contributed by atoms with E-state index in [0.29, 0.717) is 16.9 Å². The van der Waals surface area contributed by atoms with Gasteiger partial charge in [0.2, 0.25) is 0 Å². The minimum absolute atomic E-state index is 0.193. The number of hydrogen-bond donors (Lipinski definition) is 5. The second kappa shape index (κ2) is 9.93. The van der Waals surface area contributed by atoms with Crippen molar-refractivity contribution in [3.63, 3.8) is 0 Å². The van der Waals surface area contributed by atoms with Gasteiger partial charge in [-0.3, -0.25) is 9.59 Å². The average Bonchev–Trinajstić information content (AvgIpc) is 2.67. The molecule has 0 fully saturated rings. The molecule has 9 heteroatoms. The molecule has 2 aromatic rings. The molecular weight excluding hydrogens is 362 g/mol. The highest BCUT2D eigenvalue weighted by molar-refractivity contribution is 5.95. The van der Waals surface area contributed by atoms with E-state index in [0.717, 1.165) is 11.1 Å². The third-order valence-corrected chi connectivity index (χ3v) is 3.86. The predicted molar refractivity (Wildman–Crippen MR) is 107 cm³/mol. The van der Waals surface area contributed by atoms with Crippen LogP contribution >= 0.6 is 0 Å². The number of nitrogens with one attached hydrogen (secondary N) is 1. The van der Waals surface area contributed by atoms with Gasteiger partial charge < -0.3 is 32.5 Å². The summed E-state index contributed by atoms with van der Waals surface area (Å²) >= 11 is 0. The van der Waals surface area contributed by atoms with Crippen LogP contribution in [0.25, 0.3) is 0 Å². The van der Waals surface area contributed by atoms with Crippen LogP contribution in [0, 0.1) is 0 Å². The van der Waals surface area contributed by atoms with Crippen LogP contribution in [0.2, 0.25) is 0 Å². The number of benzene rings is 2. The Balaban J connectivity index is 1.71. The highest BCUT2D eigenvalue weighted by atomic mass is 16.6. The molecule has 0 heterocycles. The number of nitrogens with zero attached hydrogens (tertiary/aromatic N) is 1. The molecule has 1 unspecified atom stereocenters. The first-order chi connectivity index (χ1) is 13.4. The Labute approximate surface area is 162 Å². The number of nitrogens with two attached hydrogens (primary N) is 3. The normalized spacial score (nSPS) is 11.9. The molecule has 9 nitrogen and oxygen atoms in total. The fourth-order valence-electron chi connectivity index (χ4n) is 2.26. The monoisotopic (exact) mass is 385 g/mol. The van der Waals surface area contributed by atoms with Gasteiger partial charge in [-0.25, -0.2) is 0 Å². The summed E-state index contributed by atoms with van der Waals surface area (Å²) in [6, 6.07) is 10.9. The van der Waals surface area contributed by atoms with Crippen molar-refractivity contribution in [1.29, 1.82) is 0 Å². The number of anilines is 2. The van der Waals surface area contributed by atoms with Gasteiger partial charge in [0.05, 0.1) is 24.1 Å². The lowest BCUT2D eigenvalue weighted by atomic mass is 10.1. The minimum Gasteiger partial charge on any atom is -0.480 e. The van der Waals surface area contributed by atoms with Crippen LogP contribution in [-0.2, 0) is 16.1 Å². The van der Waals surface area contributed by atoms with E-state index in [2.05, 4.69) is 10.5 Å². The second-order valence-electron chi connectivity index (χ2n) is 6.06. The SMILES string of the molecule is Nc1ccc(C(=O)NCCO/N=C/c2ccc(CC(N)C(=O)O)cc2)cc1N. The number of carbonyl (C=O) groups excluding carboxylic acids is 1. The van der Waals surface area contributed by atoms with E-state index in [4.69, 9.17) is 27.1 Å². The molecule has 0 aliphatic heterocycles. The number of hydrogen-bond acceptors (Lipinski definition) is 7. The van der Waals surface area contributed by atoms with Crippen LogP contribution in [0.3, 0.4) is 0 Å². The van der Waals surface area contributed by atoms with E-state index in [-0.39, 0.29) is 25.5 Å². The van der Waals surface area contributed by atoms with Crippen molar-refractivity contribution < 1.29 is 19.5 Å². The Morgan fingerprint density at radius 1 is 1.14 bits per heavy atom. The van der Waals surface area contributed by atoms with Crippen LogP contribution in [0.4, 0.5) is 11.4 Å². The quantitative estimate of drug-likeness (QED) is 0.182. The molecule has 0 radical (unpaired) electrons. The molecule has 0 saturated heterocycles. The van der Waals surface area contributed by atoms with Gasteiger partial charge in [0, 0.05) is 5.56 Å². The maximum absolute atomic E-state index is 12.0. The molecule has 2 aromatic carbocycles. The summed E-state index contributed by atoms with van der Waals surface area (Å²) in [5.74, 6) is -1.32. The summed E-state index contributed by atoms with van der Waals surface area (Å²) in [7, 11) is 0. The molecule has 1 amide bonds. The highest BCUT2D eigenvalue weighted by Gasteiger charge is 2.11. The van der Waals surface area contributed by atoms with Crippen LogP contribution < -0.4 is 22.5 Å².